The van der Waals surface area contributed by atoms with Crippen LogP contribution in [0.3, 0.4) is 0 Å². The van der Waals surface area contributed by atoms with Crippen LogP contribution in [0.25, 0.3) is 0 Å². The molecule has 2 atom stereocenters. The Morgan fingerprint density at radius 2 is 2.00 bits per heavy atom. The number of rotatable bonds is 1. The molecule has 1 rings (SSSR count). The molecule has 1 saturated carbocycles. The zero-order valence-corrected chi connectivity index (χ0v) is 9.05. The van der Waals surface area contributed by atoms with Crippen molar-refractivity contribution in [2.24, 2.45) is 11.3 Å². The van der Waals surface area contributed by atoms with Crippen LogP contribution in [-0.4, -0.2) is 16.5 Å². The normalized spacial score (nSPS) is 35.0. The Morgan fingerprint density at radius 3 is 2.31 bits per heavy atom. The van der Waals surface area contributed by atoms with Gasteiger partial charge in [-0.1, -0.05) is 20.8 Å². The largest absolute Gasteiger partial charge is 0.382 e. The second-order valence-corrected chi connectivity index (χ2v) is 5.29. The molecule has 0 aromatic rings. The Kier molecular flexibility index (Phi) is 2.54. The van der Waals surface area contributed by atoms with E-state index in [-0.39, 0.29) is 17.1 Å². The molecule has 1 aliphatic rings. The molecule has 0 saturated heterocycles. The number of ketones is 1. The highest BCUT2D eigenvalue weighted by atomic mass is 16.3. The van der Waals surface area contributed by atoms with Gasteiger partial charge in [0.25, 0.3) is 0 Å². The molecule has 1 aliphatic carbocycles. The van der Waals surface area contributed by atoms with Gasteiger partial charge in [-0.25, -0.2) is 0 Å². The van der Waals surface area contributed by atoms with E-state index in [1.165, 1.54) is 6.92 Å². The summed E-state index contributed by atoms with van der Waals surface area (Å²) in [7, 11) is 0. The number of carbonyl (C=O) groups excluding carboxylic acids is 1. The van der Waals surface area contributed by atoms with Crippen LogP contribution in [0.2, 0.25) is 0 Å². The average Bonchev–Trinajstić information content (AvgIpc) is 2.31. The van der Waals surface area contributed by atoms with E-state index in [9.17, 15) is 9.90 Å². The molecule has 2 heteroatoms. The van der Waals surface area contributed by atoms with E-state index in [2.05, 4.69) is 20.8 Å². The van der Waals surface area contributed by atoms with Gasteiger partial charge in [-0.3, -0.25) is 4.79 Å². The quantitative estimate of drug-likeness (QED) is 0.678. The predicted molar refractivity (Wildman–Crippen MR) is 52.4 cm³/mol. The highest BCUT2D eigenvalue weighted by Gasteiger charge is 2.49. The lowest BCUT2D eigenvalue weighted by Crippen LogP contribution is -2.46. The van der Waals surface area contributed by atoms with E-state index in [4.69, 9.17) is 0 Å². The number of aliphatic hydroxyl groups is 1. The third-order valence-corrected chi connectivity index (χ3v) is 3.28. The molecule has 0 aromatic carbocycles. The molecule has 13 heavy (non-hydrogen) atoms. The van der Waals surface area contributed by atoms with Gasteiger partial charge in [0.1, 0.15) is 5.60 Å². The summed E-state index contributed by atoms with van der Waals surface area (Å²) >= 11 is 0. The van der Waals surface area contributed by atoms with Crippen LogP contribution in [0.5, 0.6) is 0 Å². The van der Waals surface area contributed by atoms with Gasteiger partial charge in [0.05, 0.1) is 0 Å². The molecule has 0 amide bonds. The highest BCUT2D eigenvalue weighted by molar-refractivity contribution is 5.85. The second kappa shape index (κ2) is 3.09. The van der Waals surface area contributed by atoms with Crippen molar-refractivity contribution in [1.29, 1.82) is 0 Å². The Morgan fingerprint density at radius 1 is 1.46 bits per heavy atom. The van der Waals surface area contributed by atoms with E-state index in [0.29, 0.717) is 6.42 Å². The third-order valence-electron chi connectivity index (χ3n) is 3.28. The maximum Gasteiger partial charge on any atom is 0.161 e. The lowest BCUT2D eigenvalue weighted by atomic mass is 9.71. The Labute approximate surface area is 80.3 Å². The molecule has 0 spiro atoms. The number of Topliss-reactive ketones (excluding diaryl/α,β-unsaturated/α-hetero) is 1. The van der Waals surface area contributed by atoms with E-state index in [0.717, 1.165) is 12.8 Å². The Balaban J connectivity index is 2.93. The molecule has 1 fully saturated rings. The summed E-state index contributed by atoms with van der Waals surface area (Å²) in [5.74, 6) is 0.0578. The molecule has 0 radical (unpaired) electrons. The van der Waals surface area contributed by atoms with Crippen molar-refractivity contribution in [1.82, 2.24) is 0 Å². The van der Waals surface area contributed by atoms with E-state index >= 15 is 0 Å². The van der Waals surface area contributed by atoms with Gasteiger partial charge in [-0.15, -0.1) is 0 Å². The minimum Gasteiger partial charge on any atom is -0.382 e. The van der Waals surface area contributed by atoms with Crippen LogP contribution < -0.4 is 0 Å². The van der Waals surface area contributed by atoms with Crippen LogP contribution in [0, 0.1) is 11.3 Å². The summed E-state index contributed by atoms with van der Waals surface area (Å²) in [5, 5.41) is 10.2. The van der Waals surface area contributed by atoms with Gasteiger partial charge in [0.2, 0.25) is 0 Å². The Bertz CT molecular complexity index is 215. The molecule has 0 heterocycles. The van der Waals surface area contributed by atoms with E-state index in [1.807, 2.05) is 0 Å². The van der Waals surface area contributed by atoms with Gasteiger partial charge < -0.3 is 5.11 Å². The predicted octanol–water partition coefficient (Wildman–Crippen LogP) is 2.15. The van der Waals surface area contributed by atoms with Gasteiger partial charge >= 0.3 is 0 Å². The van der Waals surface area contributed by atoms with Crippen LogP contribution in [0.4, 0.5) is 0 Å². The summed E-state index contributed by atoms with van der Waals surface area (Å²) in [6.07, 6.45) is 2.59. The fraction of sp³-hybridized carbons (Fsp3) is 0.909. The van der Waals surface area contributed by atoms with Crippen molar-refractivity contribution < 1.29 is 9.90 Å². The Hall–Kier alpha value is -0.370. The number of hydrogen-bond donors (Lipinski definition) is 1. The van der Waals surface area contributed by atoms with Crippen molar-refractivity contribution in [2.45, 2.75) is 52.6 Å². The average molecular weight is 184 g/mol. The minimum absolute atomic E-state index is 0.0247. The standard InChI is InChI=1S/C11H20O2/c1-8(12)11(13)7-5-6-9(11)10(2,3)4/h9,13H,5-7H2,1-4H3/t9-,11+/m0/s1. The van der Waals surface area contributed by atoms with Crippen molar-refractivity contribution in [2.75, 3.05) is 0 Å². The van der Waals surface area contributed by atoms with Crippen molar-refractivity contribution in [3.63, 3.8) is 0 Å². The first-order chi connectivity index (χ1) is 5.78. The lowest BCUT2D eigenvalue weighted by molar-refractivity contribution is -0.143. The zero-order chi connectivity index (χ0) is 10.3. The number of hydrogen-bond acceptors (Lipinski definition) is 2. The lowest BCUT2D eigenvalue weighted by Gasteiger charge is -2.37. The monoisotopic (exact) mass is 184 g/mol. The molecule has 76 valence electrons. The fourth-order valence-electron chi connectivity index (χ4n) is 2.56. The van der Waals surface area contributed by atoms with Gasteiger partial charge in [-0.2, -0.15) is 0 Å². The molecular weight excluding hydrogens is 164 g/mol. The maximum atomic E-state index is 11.4. The van der Waals surface area contributed by atoms with Crippen molar-refractivity contribution in [3.05, 3.63) is 0 Å². The molecule has 0 bridgehead atoms. The van der Waals surface area contributed by atoms with E-state index < -0.39 is 5.60 Å². The van der Waals surface area contributed by atoms with Gasteiger partial charge in [0, 0.05) is 0 Å². The van der Waals surface area contributed by atoms with Crippen LogP contribution in [-0.2, 0) is 4.79 Å². The summed E-state index contributed by atoms with van der Waals surface area (Å²) in [5.41, 5.74) is -1.02. The van der Waals surface area contributed by atoms with Crippen LogP contribution in [0.15, 0.2) is 0 Å². The fourth-order valence-corrected chi connectivity index (χ4v) is 2.56. The first-order valence-electron chi connectivity index (χ1n) is 5.02. The topological polar surface area (TPSA) is 37.3 Å². The smallest absolute Gasteiger partial charge is 0.161 e. The third kappa shape index (κ3) is 1.78. The molecule has 0 aromatic heterocycles. The zero-order valence-electron chi connectivity index (χ0n) is 9.05. The van der Waals surface area contributed by atoms with Crippen LogP contribution in [0.1, 0.15) is 47.0 Å². The summed E-state index contributed by atoms with van der Waals surface area (Å²) < 4.78 is 0. The van der Waals surface area contributed by atoms with Gasteiger partial charge in [-0.05, 0) is 37.5 Å². The number of carbonyl (C=O) groups is 1. The van der Waals surface area contributed by atoms with Crippen molar-refractivity contribution in [3.8, 4) is 0 Å². The maximum absolute atomic E-state index is 11.4. The second-order valence-electron chi connectivity index (χ2n) is 5.29. The molecule has 0 unspecified atom stereocenters. The SMILES string of the molecule is CC(=O)[C@]1(O)CCC[C@H]1C(C)(C)C. The summed E-state index contributed by atoms with van der Waals surface area (Å²) in [6, 6.07) is 0. The first-order valence-corrected chi connectivity index (χ1v) is 5.02. The summed E-state index contributed by atoms with van der Waals surface area (Å²) in [6.45, 7) is 7.79. The summed E-state index contributed by atoms with van der Waals surface area (Å²) in [4.78, 5) is 11.4. The molecule has 0 aliphatic heterocycles. The molecule has 2 nitrogen and oxygen atoms in total. The highest BCUT2D eigenvalue weighted by Crippen LogP contribution is 2.46. The van der Waals surface area contributed by atoms with Crippen molar-refractivity contribution >= 4 is 5.78 Å². The van der Waals surface area contributed by atoms with Crippen LogP contribution >= 0.6 is 0 Å². The minimum atomic E-state index is -1.04. The van der Waals surface area contributed by atoms with E-state index in [1.54, 1.807) is 0 Å². The first kappa shape index (κ1) is 10.7. The van der Waals surface area contributed by atoms with Gasteiger partial charge in [0.15, 0.2) is 5.78 Å². The molecule has 1 N–H and O–H groups in total. The molecular formula is C11H20O2.